The van der Waals surface area contributed by atoms with Gasteiger partial charge in [-0.1, -0.05) is 84.4 Å². The molecule has 53 heavy (non-hydrogen) atoms. The number of halogens is 1. The van der Waals surface area contributed by atoms with Crippen LogP contribution in [0.4, 0.5) is 5.69 Å². The number of carbonyl (C=O) groups is 4. The van der Waals surface area contributed by atoms with E-state index in [9.17, 15) is 9.90 Å². The zero-order valence-corrected chi connectivity index (χ0v) is 28.3. The Labute approximate surface area is 306 Å². The van der Waals surface area contributed by atoms with Crippen molar-refractivity contribution in [2.24, 2.45) is 11.8 Å². The average Bonchev–Trinajstić information content (AvgIpc) is 3.99. The lowest BCUT2D eigenvalue weighted by Gasteiger charge is -2.39. The third kappa shape index (κ3) is 3.93. The van der Waals surface area contributed by atoms with Gasteiger partial charge in [0.15, 0.2) is 28.8 Å². The van der Waals surface area contributed by atoms with E-state index in [-0.39, 0.29) is 35.6 Å². The number of allylic oxidation sites excluding steroid dienone is 2. The van der Waals surface area contributed by atoms with Crippen molar-refractivity contribution in [1.29, 1.82) is 0 Å². The Hall–Kier alpha value is -6.39. The number of aromatic carboxylic acids is 1. The molecule has 11 heteroatoms. The summed E-state index contributed by atoms with van der Waals surface area (Å²) in [6, 6.07) is 33.0. The molecule has 260 valence electrons. The van der Waals surface area contributed by atoms with Crippen LogP contribution < -0.4 is 23.8 Å². The summed E-state index contributed by atoms with van der Waals surface area (Å²) in [5.74, 6) is -3.33. The smallest absolute Gasteiger partial charge is 0.337 e. The zero-order valence-electron chi connectivity index (χ0n) is 27.6. The lowest BCUT2D eigenvalue weighted by atomic mass is 9.59. The highest BCUT2D eigenvalue weighted by atomic mass is 35.5. The fourth-order valence-corrected chi connectivity index (χ4v) is 9.50. The summed E-state index contributed by atoms with van der Waals surface area (Å²) in [5, 5.41) is 9.88. The number of ketones is 1. The van der Waals surface area contributed by atoms with Gasteiger partial charge in [0.05, 0.1) is 38.9 Å². The molecule has 0 unspecified atom stereocenters. The SMILES string of the molecule is O=C(O)c1cc(N2C(=O)[C@@H]3[C@@H](C2=O)[C@@]2(c4ccccc4)C(=O)[C@@]3(c3ccccc3)C(c3ccc4c(c3)OCO4)=C2c2ccc3c(c2)OCO3)ccc1Cl. The van der Waals surface area contributed by atoms with E-state index >= 15 is 14.4 Å². The first-order valence-corrected chi connectivity index (χ1v) is 17.3. The van der Waals surface area contributed by atoms with Gasteiger partial charge in [-0.3, -0.25) is 14.4 Å². The Morgan fingerprint density at radius 1 is 0.623 bits per heavy atom. The molecular formula is C42H26ClNO9. The first-order chi connectivity index (χ1) is 25.8. The molecule has 2 aliphatic carbocycles. The fraction of sp³-hybridized carbons (Fsp3) is 0.143. The minimum Gasteiger partial charge on any atom is -0.478 e. The summed E-state index contributed by atoms with van der Waals surface area (Å²) in [6.45, 7) is 0.0469. The van der Waals surface area contributed by atoms with Gasteiger partial charge in [0, 0.05) is 0 Å². The van der Waals surface area contributed by atoms with Crippen LogP contribution in [0.25, 0.3) is 11.1 Å². The highest BCUT2D eigenvalue weighted by Gasteiger charge is 2.82. The van der Waals surface area contributed by atoms with Gasteiger partial charge in [0.1, 0.15) is 0 Å². The average molecular weight is 724 g/mol. The number of Topliss-reactive ketones (excluding diaryl/α,β-unsaturated/α-hetero) is 1. The van der Waals surface area contributed by atoms with Gasteiger partial charge in [-0.25, -0.2) is 9.69 Å². The molecule has 2 amide bonds. The Balaban J connectivity index is 1.35. The van der Waals surface area contributed by atoms with Crippen molar-refractivity contribution in [2.75, 3.05) is 18.5 Å². The van der Waals surface area contributed by atoms with Crippen LogP contribution in [0.5, 0.6) is 23.0 Å². The van der Waals surface area contributed by atoms with E-state index in [4.69, 9.17) is 30.5 Å². The van der Waals surface area contributed by atoms with Gasteiger partial charge in [-0.05, 0) is 75.9 Å². The quantitative estimate of drug-likeness (QED) is 0.191. The van der Waals surface area contributed by atoms with Gasteiger partial charge in [-0.2, -0.15) is 0 Å². The first-order valence-electron chi connectivity index (χ1n) is 16.9. The number of hydrogen-bond donors (Lipinski definition) is 1. The second-order valence-corrected chi connectivity index (χ2v) is 13.9. The molecule has 5 aromatic rings. The molecule has 2 fully saturated rings. The number of amides is 2. The van der Waals surface area contributed by atoms with Crippen molar-refractivity contribution in [3.8, 4) is 23.0 Å². The number of imide groups is 1. The van der Waals surface area contributed by atoms with E-state index in [1.807, 2.05) is 84.9 Å². The van der Waals surface area contributed by atoms with Gasteiger partial charge < -0.3 is 24.1 Å². The lowest BCUT2D eigenvalue weighted by Crippen LogP contribution is -2.45. The number of fused-ring (bicyclic) bond motifs is 7. The Kier molecular flexibility index (Phi) is 6.54. The maximum Gasteiger partial charge on any atom is 0.337 e. The largest absolute Gasteiger partial charge is 0.478 e. The van der Waals surface area contributed by atoms with Crippen molar-refractivity contribution in [1.82, 2.24) is 0 Å². The Bertz CT molecular complexity index is 2360. The summed E-state index contributed by atoms with van der Waals surface area (Å²) in [7, 11) is 0. The summed E-state index contributed by atoms with van der Waals surface area (Å²) < 4.78 is 23.0. The molecule has 1 saturated carbocycles. The lowest BCUT2D eigenvalue weighted by molar-refractivity contribution is -0.130. The van der Waals surface area contributed by atoms with E-state index in [2.05, 4.69) is 0 Å². The standard InChI is InChI=1S/C42H26ClNO9/c43-28-14-13-26(19-27(28)39(47)48)44-37(45)35-36(38(44)46)42(25-9-5-2-6-10-25)34(23-12-16-30-32(18-23)53-21-51-30)33(22-11-15-29-31(17-22)52-20-50-29)41(35,40(42)49)24-7-3-1-4-8-24/h1-19,35-36H,20-21H2,(H,47,48)/t35-,36-,41-,42-/m0/s1. The highest BCUT2D eigenvalue weighted by molar-refractivity contribution is 6.39. The summed E-state index contributed by atoms with van der Waals surface area (Å²) in [4.78, 5) is 60.0. The van der Waals surface area contributed by atoms with Crippen LogP contribution in [-0.2, 0) is 25.2 Å². The predicted octanol–water partition coefficient (Wildman–Crippen LogP) is 6.68. The molecule has 2 bridgehead atoms. The van der Waals surface area contributed by atoms with Crippen LogP contribution in [0.2, 0.25) is 5.02 Å². The minimum absolute atomic E-state index is 0.0234. The van der Waals surface area contributed by atoms with Crippen molar-refractivity contribution >= 4 is 52.0 Å². The summed E-state index contributed by atoms with van der Waals surface area (Å²) in [6.07, 6.45) is 0. The van der Waals surface area contributed by atoms with E-state index < -0.39 is 40.4 Å². The Morgan fingerprint density at radius 3 is 1.57 bits per heavy atom. The molecule has 10 nitrogen and oxygen atoms in total. The maximum atomic E-state index is 16.2. The van der Waals surface area contributed by atoms with Crippen LogP contribution in [-0.4, -0.2) is 42.3 Å². The van der Waals surface area contributed by atoms with Crippen molar-refractivity contribution < 1.29 is 43.2 Å². The molecular weight excluding hydrogens is 698 g/mol. The molecule has 0 aromatic heterocycles. The van der Waals surface area contributed by atoms with Gasteiger partial charge in [-0.15, -0.1) is 0 Å². The van der Waals surface area contributed by atoms with Crippen LogP contribution >= 0.6 is 11.6 Å². The van der Waals surface area contributed by atoms with E-state index in [1.54, 1.807) is 12.1 Å². The van der Waals surface area contributed by atoms with E-state index in [0.717, 1.165) is 4.90 Å². The molecule has 1 N–H and O–H groups in total. The summed E-state index contributed by atoms with van der Waals surface area (Å²) >= 11 is 6.24. The number of rotatable bonds is 6. The van der Waals surface area contributed by atoms with Crippen molar-refractivity contribution in [3.05, 3.63) is 148 Å². The van der Waals surface area contributed by atoms with Crippen molar-refractivity contribution in [2.45, 2.75) is 10.8 Å². The number of carboxylic acids is 1. The predicted molar refractivity (Wildman–Crippen MR) is 191 cm³/mol. The van der Waals surface area contributed by atoms with E-state index in [1.165, 1.54) is 18.2 Å². The molecule has 0 spiro atoms. The van der Waals surface area contributed by atoms with Crippen molar-refractivity contribution in [3.63, 3.8) is 0 Å². The third-order valence-electron chi connectivity index (χ3n) is 11.2. The Morgan fingerprint density at radius 2 is 1.09 bits per heavy atom. The van der Waals surface area contributed by atoms with Crippen LogP contribution in [0.15, 0.2) is 115 Å². The first kappa shape index (κ1) is 31.4. The van der Waals surface area contributed by atoms with E-state index in [0.29, 0.717) is 56.4 Å². The number of hydrogen-bond acceptors (Lipinski definition) is 8. The topological polar surface area (TPSA) is 129 Å². The van der Waals surface area contributed by atoms with Gasteiger partial charge >= 0.3 is 5.97 Å². The molecule has 3 aliphatic heterocycles. The number of benzene rings is 5. The van der Waals surface area contributed by atoms with Gasteiger partial charge in [0.25, 0.3) is 0 Å². The van der Waals surface area contributed by atoms with Crippen LogP contribution in [0, 0.1) is 11.8 Å². The van der Waals surface area contributed by atoms with Gasteiger partial charge in [0.2, 0.25) is 25.4 Å². The van der Waals surface area contributed by atoms with Crippen LogP contribution in [0.3, 0.4) is 0 Å². The number of anilines is 1. The molecule has 1 saturated heterocycles. The molecule has 5 aliphatic rings. The zero-order chi connectivity index (χ0) is 36.2. The number of nitrogens with zero attached hydrogens (tertiary/aromatic N) is 1. The number of carbonyl (C=O) groups excluding carboxylic acids is 3. The molecule has 5 aromatic carbocycles. The highest BCUT2D eigenvalue weighted by Crippen LogP contribution is 2.74. The normalized spacial score (nSPS) is 24.7. The second kappa shape index (κ2) is 11.1. The maximum absolute atomic E-state index is 16.2. The molecule has 0 radical (unpaired) electrons. The van der Waals surface area contributed by atoms with Crippen LogP contribution in [0.1, 0.15) is 32.6 Å². The molecule has 4 atom stereocenters. The fourth-order valence-electron chi connectivity index (χ4n) is 9.30. The third-order valence-corrected chi connectivity index (χ3v) is 11.5. The minimum atomic E-state index is -1.70. The second-order valence-electron chi connectivity index (χ2n) is 13.5. The monoisotopic (exact) mass is 723 g/mol. The molecule has 3 heterocycles. The number of ether oxygens (including phenoxy) is 4. The summed E-state index contributed by atoms with van der Waals surface area (Å²) in [5.41, 5.74) is -0.265. The molecule has 10 rings (SSSR count). The number of carboxylic acid groups (broad SMARTS) is 1.